The van der Waals surface area contributed by atoms with Gasteiger partial charge in [-0.15, -0.1) is 0 Å². The van der Waals surface area contributed by atoms with Crippen molar-refractivity contribution in [3.63, 3.8) is 0 Å². The molecule has 6 rings (SSSR count). The van der Waals surface area contributed by atoms with Gasteiger partial charge in [-0.3, -0.25) is 14.4 Å². The van der Waals surface area contributed by atoms with Crippen LogP contribution in [0.3, 0.4) is 0 Å². The van der Waals surface area contributed by atoms with Crippen molar-refractivity contribution in [3.05, 3.63) is 86.9 Å². The number of hydrogen-bond acceptors (Lipinski definition) is 7. The molecule has 0 aromatic heterocycles. The number of rotatable bonds is 2. The molecule has 1 aromatic rings. The van der Waals surface area contributed by atoms with Crippen LogP contribution in [0.4, 0.5) is 4.79 Å². The minimum absolute atomic E-state index is 0.117. The highest BCUT2D eigenvalue weighted by Gasteiger charge is 2.64. The van der Waals surface area contributed by atoms with Gasteiger partial charge in [0.2, 0.25) is 11.9 Å². The Morgan fingerprint density at radius 1 is 1.15 bits per heavy atom. The summed E-state index contributed by atoms with van der Waals surface area (Å²) in [6.45, 7) is 7.95. The number of hydrogen-bond donors (Lipinski definition) is 1. The SMILES string of the molecule is Cc1ccc(C2=C[C@@]3(C(=O)SC(=O)N(C)C)C(=CC(=O)C4=C[C@H](C)[C@@H](O)C[C@@]43C)C3=C2C2=C(C3)OCO2)c(C)c1. The second-order valence-corrected chi connectivity index (χ2v) is 12.8. The summed E-state index contributed by atoms with van der Waals surface area (Å²) in [5.74, 6) is 0.896. The highest BCUT2D eigenvalue weighted by Crippen LogP contribution is 2.67. The fraction of sp³-hybridized carbons (Fsp3) is 0.406. The minimum atomic E-state index is -1.39. The lowest BCUT2D eigenvalue weighted by Gasteiger charge is -2.55. The van der Waals surface area contributed by atoms with Crippen molar-refractivity contribution in [1.29, 1.82) is 0 Å². The number of ether oxygens (including phenoxy) is 2. The summed E-state index contributed by atoms with van der Waals surface area (Å²) in [7, 11) is 3.22. The van der Waals surface area contributed by atoms with E-state index in [1.165, 1.54) is 4.90 Å². The molecule has 0 bridgehead atoms. The van der Waals surface area contributed by atoms with Crippen LogP contribution in [0, 0.1) is 30.6 Å². The summed E-state index contributed by atoms with van der Waals surface area (Å²) in [6, 6.07) is 6.18. The number of thioether (sulfide) groups is 1. The zero-order valence-electron chi connectivity index (χ0n) is 23.6. The van der Waals surface area contributed by atoms with Crippen LogP contribution in [-0.2, 0) is 19.1 Å². The number of aliphatic hydroxyl groups excluding tert-OH is 1. The summed E-state index contributed by atoms with van der Waals surface area (Å²) in [5, 5.41) is 10.4. The van der Waals surface area contributed by atoms with Crippen LogP contribution in [0.15, 0.2) is 70.2 Å². The molecule has 1 N–H and O–H groups in total. The van der Waals surface area contributed by atoms with Crippen molar-refractivity contribution in [2.45, 2.75) is 46.6 Å². The molecular formula is C32H33NO6S. The van der Waals surface area contributed by atoms with E-state index in [4.69, 9.17) is 9.47 Å². The molecule has 8 heteroatoms. The van der Waals surface area contributed by atoms with Crippen LogP contribution in [-0.4, -0.2) is 53.1 Å². The van der Waals surface area contributed by atoms with Gasteiger partial charge in [-0.25, -0.2) is 0 Å². The number of ketones is 1. The zero-order chi connectivity index (χ0) is 28.7. The smallest absolute Gasteiger partial charge is 0.288 e. The van der Waals surface area contributed by atoms with Crippen LogP contribution < -0.4 is 0 Å². The first-order valence-corrected chi connectivity index (χ1v) is 14.3. The maximum Gasteiger partial charge on any atom is 0.288 e. The van der Waals surface area contributed by atoms with Crippen molar-refractivity contribution in [3.8, 4) is 0 Å². The monoisotopic (exact) mass is 559 g/mol. The van der Waals surface area contributed by atoms with E-state index in [1.54, 1.807) is 20.2 Å². The average Bonchev–Trinajstić information content (AvgIpc) is 3.48. The van der Waals surface area contributed by atoms with E-state index in [0.29, 0.717) is 40.8 Å². The summed E-state index contributed by atoms with van der Waals surface area (Å²) in [6.07, 6.45) is 5.15. The van der Waals surface area contributed by atoms with E-state index in [1.807, 2.05) is 52.0 Å². The first kappa shape index (κ1) is 26.8. The van der Waals surface area contributed by atoms with Crippen LogP contribution in [0.25, 0.3) is 5.57 Å². The third-order valence-electron chi connectivity index (χ3n) is 9.13. The predicted molar refractivity (Wildman–Crippen MR) is 153 cm³/mol. The largest absolute Gasteiger partial charge is 0.458 e. The van der Waals surface area contributed by atoms with Gasteiger partial charge in [0.25, 0.3) is 5.24 Å². The van der Waals surface area contributed by atoms with Gasteiger partial charge in [0.1, 0.15) is 5.76 Å². The molecule has 40 heavy (non-hydrogen) atoms. The molecule has 208 valence electrons. The third kappa shape index (κ3) is 3.58. The second kappa shape index (κ2) is 9.08. The fourth-order valence-electron chi connectivity index (χ4n) is 6.99. The Balaban J connectivity index is 1.69. The van der Waals surface area contributed by atoms with Crippen LogP contribution in [0.5, 0.6) is 0 Å². The van der Waals surface area contributed by atoms with Crippen molar-refractivity contribution >= 4 is 33.5 Å². The lowest BCUT2D eigenvalue weighted by molar-refractivity contribution is -0.123. The Morgan fingerprint density at radius 2 is 1.90 bits per heavy atom. The van der Waals surface area contributed by atoms with Crippen molar-refractivity contribution in [2.24, 2.45) is 16.7 Å². The van der Waals surface area contributed by atoms with E-state index in [-0.39, 0.29) is 30.0 Å². The molecule has 4 aliphatic carbocycles. The molecule has 7 nitrogen and oxygen atoms in total. The Morgan fingerprint density at radius 3 is 2.60 bits per heavy atom. The van der Waals surface area contributed by atoms with Gasteiger partial charge in [-0.2, -0.15) is 0 Å². The van der Waals surface area contributed by atoms with Gasteiger partial charge in [-0.05, 0) is 54.2 Å². The molecule has 0 radical (unpaired) electrons. The molecule has 1 aromatic carbocycles. The highest BCUT2D eigenvalue weighted by atomic mass is 32.2. The van der Waals surface area contributed by atoms with Gasteiger partial charge in [0, 0.05) is 54.8 Å². The molecule has 0 saturated carbocycles. The van der Waals surface area contributed by atoms with Gasteiger partial charge >= 0.3 is 0 Å². The molecule has 5 aliphatic rings. The van der Waals surface area contributed by atoms with Crippen LogP contribution >= 0.6 is 11.8 Å². The lowest BCUT2D eigenvalue weighted by Crippen LogP contribution is -2.55. The van der Waals surface area contributed by atoms with Crippen molar-refractivity contribution in [2.75, 3.05) is 20.9 Å². The number of nitrogens with zero attached hydrogens (tertiary/aromatic N) is 1. The van der Waals surface area contributed by atoms with E-state index in [9.17, 15) is 19.5 Å². The first-order valence-electron chi connectivity index (χ1n) is 13.5. The number of carbonyl (C=O) groups is 3. The number of fused-ring (bicyclic) bond motifs is 5. The Bertz CT molecular complexity index is 1560. The topological polar surface area (TPSA) is 93.1 Å². The maximum absolute atomic E-state index is 14.7. The predicted octanol–water partition coefficient (Wildman–Crippen LogP) is 5.39. The number of benzene rings is 1. The molecule has 0 unspecified atom stereocenters. The van der Waals surface area contributed by atoms with Crippen LogP contribution in [0.2, 0.25) is 0 Å². The van der Waals surface area contributed by atoms with E-state index >= 15 is 0 Å². The zero-order valence-corrected chi connectivity index (χ0v) is 24.4. The van der Waals surface area contributed by atoms with Crippen LogP contribution in [0.1, 0.15) is 43.4 Å². The molecule has 1 aliphatic heterocycles. The van der Waals surface area contributed by atoms with Gasteiger partial charge in [0.05, 0.1) is 11.5 Å². The molecule has 1 heterocycles. The summed E-state index contributed by atoms with van der Waals surface area (Å²) in [4.78, 5) is 42.8. The van der Waals surface area contributed by atoms with E-state index in [0.717, 1.165) is 33.4 Å². The lowest BCUT2D eigenvalue weighted by atomic mass is 9.47. The minimum Gasteiger partial charge on any atom is -0.458 e. The number of aliphatic hydroxyl groups is 1. The van der Waals surface area contributed by atoms with E-state index < -0.39 is 22.2 Å². The highest BCUT2D eigenvalue weighted by molar-refractivity contribution is 8.26. The van der Waals surface area contributed by atoms with Crippen molar-refractivity contribution < 1.29 is 29.0 Å². The summed E-state index contributed by atoms with van der Waals surface area (Å²) < 4.78 is 11.8. The van der Waals surface area contributed by atoms with Crippen molar-refractivity contribution in [1.82, 2.24) is 4.90 Å². The van der Waals surface area contributed by atoms with Gasteiger partial charge < -0.3 is 19.5 Å². The molecule has 1 amide bonds. The maximum atomic E-state index is 14.7. The Labute approximate surface area is 238 Å². The first-order chi connectivity index (χ1) is 18.9. The van der Waals surface area contributed by atoms with E-state index in [2.05, 4.69) is 6.07 Å². The van der Waals surface area contributed by atoms with Gasteiger partial charge in [0.15, 0.2) is 11.5 Å². The van der Waals surface area contributed by atoms with Gasteiger partial charge in [-0.1, -0.05) is 49.8 Å². The molecular weight excluding hydrogens is 526 g/mol. The quantitative estimate of drug-likeness (QED) is 0.520. The molecule has 0 spiro atoms. The number of amides is 1. The standard InChI is InChI=1S/C32H33NO6S/c1-16-7-8-19(17(2)9-16)21-13-32(29(36)40-30(37)33(5)6)22(20-11-26-28(27(20)21)39-15-38-26)12-24(34)23-10-18(3)25(35)14-31(23,32)4/h7-10,12-13,18,25,35H,11,14-15H2,1-6H3/t18-,25-,31-,32-/m0/s1. The molecule has 4 atom stereocenters. The summed E-state index contributed by atoms with van der Waals surface area (Å²) >= 11 is 0.651. The third-order valence-corrected chi connectivity index (χ3v) is 10.2. The Kier molecular flexibility index (Phi) is 6.09. The Hall–Kier alpha value is -3.36. The summed E-state index contributed by atoms with van der Waals surface area (Å²) in [5.41, 5.74) is 4.11. The average molecular weight is 560 g/mol. The normalized spacial score (nSPS) is 30.3. The number of allylic oxidation sites excluding steroid dienone is 6. The number of carbonyl (C=O) groups excluding carboxylic acids is 3. The fourth-order valence-corrected chi connectivity index (χ4v) is 7.89. The second-order valence-electron chi connectivity index (χ2n) is 11.9. The number of aryl methyl sites for hydroxylation is 2. The molecule has 0 saturated heterocycles. The molecule has 0 fully saturated rings.